The fourth-order valence-corrected chi connectivity index (χ4v) is 4.43. The summed E-state index contributed by atoms with van der Waals surface area (Å²) in [6.07, 6.45) is -3.05. The van der Waals surface area contributed by atoms with Crippen molar-refractivity contribution >= 4 is 23.5 Å². The Morgan fingerprint density at radius 3 is 2.33 bits per heavy atom. The van der Waals surface area contributed by atoms with E-state index in [0.717, 1.165) is 16.7 Å². The zero-order chi connectivity index (χ0) is 23.4. The highest BCUT2D eigenvalue weighted by molar-refractivity contribution is 9.10. The van der Waals surface area contributed by atoms with Gasteiger partial charge in [0.25, 0.3) is 0 Å². The van der Waals surface area contributed by atoms with Crippen LogP contribution < -0.4 is 4.52 Å². The fourth-order valence-electron chi connectivity index (χ4n) is 3.28. The molecule has 1 N–H and O–H groups in total. The molecule has 0 fully saturated rings. The van der Waals surface area contributed by atoms with E-state index < -0.39 is 13.8 Å². The van der Waals surface area contributed by atoms with E-state index in [1.54, 1.807) is 12.1 Å². The lowest BCUT2D eigenvalue weighted by Crippen LogP contribution is -2.06. The minimum atomic E-state index is -5.07. The Hall–Kier alpha value is -2.87. The quantitative estimate of drug-likeness (QED) is 0.254. The van der Waals surface area contributed by atoms with Crippen molar-refractivity contribution in [2.24, 2.45) is 0 Å². The molecule has 2 atom stereocenters. The second kappa shape index (κ2) is 9.95. The maximum Gasteiger partial charge on any atom is 0.442 e. The minimum Gasteiger partial charge on any atom is -0.420 e. The van der Waals surface area contributed by atoms with Gasteiger partial charge < -0.3 is 13.9 Å². The summed E-state index contributed by atoms with van der Waals surface area (Å²) in [5.41, 5.74) is 2.58. The van der Waals surface area contributed by atoms with Crippen molar-refractivity contribution in [3.05, 3.63) is 100 Å². The number of aromatic nitrogens is 2. The molecule has 0 aliphatic carbocycles. The molecule has 6 nitrogen and oxygen atoms in total. The first kappa shape index (κ1) is 23.3. The second-order valence-electron chi connectivity index (χ2n) is 7.19. The van der Waals surface area contributed by atoms with Gasteiger partial charge in [-0.05, 0) is 45.6 Å². The molecule has 1 heterocycles. The average Bonchev–Trinajstić information content (AvgIpc) is 3.30. The van der Waals surface area contributed by atoms with E-state index in [4.69, 9.17) is 4.52 Å². The van der Waals surface area contributed by atoms with Gasteiger partial charge in [-0.25, -0.2) is 4.57 Å². The van der Waals surface area contributed by atoms with Crippen LogP contribution in [0.5, 0.6) is 5.75 Å². The largest absolute Gasteiger partial charge is 0.442 e. The molecule has 3 aromatic carbocycles. The summed E-state index contributed by atoms with van der Waals surface area (Å²) in [4.78, 5) is 13.9. The van der Waals surface area contributed by atoms with Crippen LogP contribution in [0.1, 0.15) is 22.9 Å². The Morgan fingerprint density at radius 2 is 1.70 bits per heavy atom. The van der Waals surface area contributed by atoms with Gasteiger partial charge in [-0.2, -0.15) is 13.8 Å². The predicted molar refractivity (Wildman–Crippen MR) is 122 cm³/mol. The first-order valence-electron chi connectivity index (χ1n) is 9.86. The van der Waals surface area contributed by atoms with Gasteiger partial charge in [0.05, 0.1) is 10.4 Å². The number of nitrogens with zero attached hydrogens (tertiary/aromatic N) is 2. The third-order valence-corrected chi connectivity index (χ3v) is 6.46. The number of alkyl halides is 2. The van der Waals surface area contributed by atoms with E-state index in [0.29, 0.717) is 18.1 Å². The van der Waals surface area contributed by atoms with Gasteiger partial charge in [0.2, 0.25) is 11.7 Å². The smallest absolute Gasteiger partial charge is 0.420 e. The molecule has 1 aromatic heterocycles. The van der Waals surface area contributed by atoms with E-state index in [-0.39, 0.29) is 16.1 Å². The van der Waals surface area contributed by atoms with Crippen LogP contribution in [0.15, 0.2) is 87.9 Å². The summed E-state index contributed by atoms with van der Waals surface area (Å²) >= 11 is 3.23. The second-order valence-corrected chi connectivity index (χ2v) is 9.74. The number of rotatable bonds is 8. The number of hydrogen-bond donors (Lipinski definition) is 1. The van der Waals surface area contributed by atoms with Crippen LogP contribution >= 0.6 is 23.5 Å². The molecule has 10 heteroatoms. The Labute approximate surface area is 196 Å². The first-order chi connectivity index (χ1) is 15.8. The summed E-state index contributed by atoms with van der Waals surface area (Å²) in [5.74, 6) is 0.473. The summed E-state index contributed by atoms with van der Waals surface area (Å²) < 4.78 is 47.5. The maximum atomic E-state index is 12.7. The summed E-state index contributed by atoms with van der Waals surface area (Å²) in [6, 6.07) is 23.7. The molecule has 0 bridgehead atoms. The van der Waals surface area contributed by atoms with E-state index >= 15 is 0 Å². The van der Waals surface area contributed by atoms with Crippen LogP contribution in [-0.4, -0.2) is 21.2 Å². The van der Waals surface area contributed by atoms with Gasteiger partial charge in [0.1, 0.15) is 5.75 Å². The molecule has 33 heavy (non-hydrogen) atoms. The van der Waals surface area contributed by atoms with Gasteiger partial charge in [-0.1, -0.05) is 71.9 Å². The maximum absolute atomic E-state index is 12.7. The molecule has 2 unspecified atom stereocenters. The molecule has 4 aromatic rings. The molecule has 0 amide bonds. The highest BCUT2D eigenvalue weighted by Gasteiger charge is 2.35. The average molecular weight is 535 g/mol. The molecule has 0 radical (unpaired) electrons. The number of hydrogen-bond acceptors (Lipinski definition) is 5. The van der Waals surface area contributed by atoms with E-state index in [1.165, 1.54) is 6.07 Å². The van der Waals surface area contributed by atoms with E-state index in [1.807, 2.05) is 60.7 Å². The third-order valence-electron chi connectivity index (χ3n) is 4.89. The molecule has 0 aliphatic heterocycles. The van der Waals surface area contributed by atoms with E-state index in [2.05, 4.69) is 30.6 Å². The van der Waals surface area contributed by atoms with Crippen LogP contribution in [0.4, 0.5) is 8.78 Å². The van der Waals surface area contributed by atoms with Gasteiger partial charge in [0, 0.05) is 5.56 Å². The molecule has 4 rings (SSSR count). The zero-order valence-corrected chi connectivity index (χ0v) is 19.5. The molecular weight excluding hydrogens is 517 g/mol. The van der Waals surface area contributed by atoms with Crippen molar-refractivity contribution in [3.63, 3.8) is 0 Å². The first-order valence-corrected chi connectivity index (χ1v) is 12.3. The Morgan fingerprint density at radius 1 is 1.03 bits per heavy atom. The van der Waals surface area contributed by atoms with Gasteiger partial charge >= 0.3 is 13.8 Å². The molecule has 0 spiro atoms. The Kier molecular flexibility index (Phi) is 7.02. The van der Waals surface area contributed by atoms with Gasteiger partial charge in [0.15, 0.2) is 0 Å². The lowest BCUT2D eigenvalue weighted by atomic mass is 9.92. The van der Waals surface area contributed by atoms with Crippen LogP contribution in [0.3, 0.4) is 0 Å². The monoisotopic (exact) mass is 534 g/mol. The third kappa shape index (κ3) is 5.55. The molecular formula is C23H18BrF2N2O4P. The van der Waals surface area contributed by atoms with Crippen molar-refractivity contribution in [2.45, 2.75) is 18.5 Å². The zero-order valence-electron chi connectivity index (χ0n) is 17.0. The van der Waals surface area contributed by atoms with Crippen molar-refractivity contribution in [3.8, 4) is 17.1 Å². The number of benzene rings is 3. The fraction of sp³-hybridized carbons (Fsp3) is 0.130. The molecule has 170 valence electrons. The van der Waals surface area contributed by atoms with E-state index in [9.17, 15) is 18.2 Å². The molecule has 0 saturated heterocycles. The lowest BCUT2D eigenvalue weighted by Gasteiger charge is -2.16. The van der Waals surface area contributed by atoms with Crippen molar-refractivity contribution in [2.75, 3.05) is 0 Å². The predicted octanol–water partition coefficient (Wildman–Crippen LogP) is 6.66. The number of halogens is 3. The minimum absolute atomic E-state index is 0.148. The summed E-state index contributed by atoms with van der Waals surface area (Å²) in [6.45, 7) is 0. The molecule has 0 aliphatic rings. The topological polar surface area (TPSA) is 85.5 Å². The normalized spacial score (nSPS) is 14.1. The lowest BCUT2D eigenvalue weighted by molar-refractivity contribution is 0.188. The molecule has 0 saturated carbocycles. The highest BCUT2D eigenvalue weighted by Crippen LogP contribution is 2.50. The van der Waals surface area contributed by atoms with Crippen LogP contribution in [-0.2, 0) is 11.0 Å². The summed E-state index contributed by atoms with van der Waals surface area (Å²) in [7, 11) is -5.07. The van der Waals surface area contributed by atoms with Crippen LogP contribution in [0, 0.1) is 0 Å². The van der Waals surface area contributed by atoms with Crippen molar-refractivity contribution in [1.82, 2.24) is 10.1 Å². The van der Waals surface area contributed by atoms with Crippen molar-refractivity contribution in [1.29, 1.82) is 0 Å². The van der Waals surface area contributed by atoms with Crippen LogP contribution in [0.2, 0.25) is 0 Å². The van der Waals surface area contributed by atoms with Crippen molar-refractivity contribution < 1.29 is 27.3 Å². The standard InChI is InChI=1S/C23H18BrF2N2O4P/c24-19-14-15(11-12-20(19)32-33(29,30)23(25)26)13-18(16-7-3-1-4-8-16)22-27-21(28-31-22)17-9-5-2-6-10-17/h1-12,14,18,23H,13H2,(H,29,30). The van der Waals surface area contributed by atoms with Gasteiger partial charge in [-0.15, -0.1) is 0 Å². The SMILES string of the molecule is O=P(O)(Oc1ccc(CC(c2ccccc2)c2nc(-c3ccccc3)no2)cc1Br)C(F)F. The Bertz CT molecular complexity index is 1270. The Balaban J connectivity index is 1.63. The van der Waals surface area contributed by atoms with Crippen LogP contribution in [0.25, 0.3) is 11.4 Å². The summed E-state index contributed by atoms with van der Waals surface area (Å²) in [5, 5.41) is 4.12. The van der Waals surface area contributed by atoms with Gasteiger partial charge in [-0.3, -0.25) is 0 Å². The highest BCUT2D eigenvalue weighted by atomic mass is 79.9.